The van der Waals surface area contributed by atoms with Crippen molar-refractivity contribution in [1.29, 1.82) is 0 Å². The molecule has 2 aliphatic rings. The van der Waals surface area contributed by atoms with Gasteiger partial charge in [-0.05, 0) is 84.8 Å². The van der Waals surface area contributed by atoms with Gasteiger partial charge in [-0.15, -0.1) is 0 Å². The maximum Gasteiger partial charge on any atom is 0.270 e. The zero-order valence-corrected chi connectivity index (χ0v) is 16.8. The normalized spacial score (nSPS) is 26.3. The van der Waals surface area contributed by atoms with E-state index in [-0.39, 0.29) is 11.9 Å². The van der Waals surface area contributed by atoms with Gasteiger partial charge < -0.3 is 5.32 Å². The molecule has 2 saturated carbocycles. The van der Waals surface area contributed by atoms with E-state index in [2.05, 4.69) is 35.1 Å². The quantitative estimate of drug-likeness (QED) is 0.815. The fraction of sp³-hybridized carbons (Fsp3) is 0.600. The van der Waals surface area contributed by atoms with Gasteiger partial charge in [-0.2, -0.15) is 0 Å². The molecule has 2 aromatic rings. The number of aromatic nitrogens is 2. The van der Waals surface area contributed by atoms with Gasteiger partial charge in [0.15, 0.2) is 0 Å². The number of imidazole rings is 1. The number of carbonyl (C=O) groups is 1. The number of aryl methyl sites for hydroxylation is 2. The Bertz CT molecular complexity index is 828. The van der Waals surface area contributed by atoms with Crippen molar-refractivity contribution >= 4 is 27.5 Å². The van der Waals surface area contributed by atoms with Crippen LogP contribution in [0.4, 0.5) is 0 Å². The van der Waals surface area contributed by atoms with Crippen molar-refractivity contribution in [3.63, 3.8) is 0 Å². The number of pyridine rings is 1. The van der Waals surface area contributed by atoms with E-state index in [1.165, 1.54) is 25.7 Å². The van der Waals surface area contributed by atoms with Crippen LogP contribution in [0.15, 0.2) is 16.7 Å². The number of rotatable bonds is 4. The van der Waals surface area contributed by atoms with Crippen LogP contribution in [0.25, 0.3) is 5.65 Å². The fourth-order valence-electron chi connectivity index (χ4n) is 5.09. The Morgan fingerprint density at radius 3 is 2.88 bits per heavy atom. The molecule has 134 valence electrons. The van der Waals surface area contributed by atoms with Crippen LogP contribution in [0.5, 0.6) is 0 Å². The van der Waals surface area contributed by atoms with Crippen molar-refractivity contribution in [3.05, 3.63) is 33.7 Å². The molecule has 1 amide bonds. The molecule has 0 radical (unpaired) electrons. The summed E-state index contributed by atoms with van der Waals surface area (Å²) in [5.74, 6) is 2.36. The van der Waals surface area contributed by atoms with Crippen LogP contribution >= 0.6 is 15.9 Å². The minimum Gasteiger partial charge on any atom is -0.348 e. The minimum atomic E-state index is 0.0112. The highest BCUT2D eigenvalue weighted by Gasteiger charge is 2.42. The first-order chi connectivity index (χ1) is 12.0. The van der Waals surface area contributed by atoms with E-state index in [1.54, 1.807) is 0 Å². The van der Waals surface area contributed by atoms with Crippen LogP contribution < -0.4 is 5.32 Å². The predicted molar refractivity (Wildman–Crippen MR) is 103 cm³/mol. The van der Waals surface area contributed by atoms with E-state index >= 15 is 0 Å². The van der Waals surface area contributed by atoms with E-state index < -0.39 is 0 Å². The second-order valence-electron chi connectivity index (χ2n) is 7.90. The van der Waals surface area contributed by atoms with Gasteiger partial charge in [0.2, 0.25) is 0 Å². The maximum absolute atomic E-state index is 13.1. The zero-order valence-electron chi connectivity index (χ0n) is 15.2. The molecular weight excluding hydrogens is 378 g/mol. The molecule has 1 N–H and O–H groups in total. The number of nitrogens with one attached hydrogen (secondary N) is 1. The van der Waals surface area contributed by atoms with E-state index in [1.807, 2.05) is 23.6 Å². The summed E-state index contributed by atoms with van der Waals surface area (Å²) >= 11 is 3.54. The third-order valence-electron chi connectivity index (χ3n) is 6.29. The van der Waals surface area contributed by atoms with Crippen LogP contribution in [0.2, 0.25) is 0 Å². The van der Waals surface area contributed by atoms with Crippen molar-refractivity contribution in [2.24, 2.45) is 17.8 Å². The molecule has 25 heavy (non-hydrogen) atoms. The predicted octanol–water partition coefficient (Wildman–Crippen LogP) is 4.52. The number of fused-ring (bicyclic) bond motifs is 3. The van der Waals surface area contributed by atoms with Crippen LogP contribution in [-0.4, -0.2) is 21.3 Å². The summed E-state index contributed by atoms with van der Waals surface area (Å²) in [5, 5.41) is 3.30. The molecule has 5 heteroatoms. The highest BCUT2D eigenvalue weighted by Crippen LogP contribution is 2.49. The van der Waals surface area contributed by atoms with E-state index in [9.17, 15) is 4.79 Å². The van der Waals surface area contributed by atoms with Gasteiger partial charge in [0.05, 0.1) is 5.69 Å². The topological polar surface area (TPSA) is 46.4 Å². The monoisotopic (exact) mass is 403 g/mol. The highest BCUT2D eigenvalue weighted by atomic mass is 79.9. The first kappa shape index (κ1) is 17.1. The molecule has 2 aliphatic carbocycles. The van der Waals surface area contributed by atoms with Gasteiger partial charge in [0, 0.05) is 16.7 Å². The number of halogens is 1. The average Bonchev–Trinajstić information content (AvgIpc) is 3.27. The van der Waals surface area contributed by atoms with E-state index in [0.717, 1.165) is 39.6 Å². The van der Waals surface area contributed by atoms with Crippen molar-refractivity contribution in [3.8, 4) is 0 Å². The second kappa shape index (κ2) is 6.42. The van der Waals surface area contributed by atoms with Crippen molar-refractivity contribution in [1.82, 2.24) is 14.7 Å². The lowest BCUT2D eigenvalue weighted by Crippen LogP contribution is -2.40. The standard InChI is InChI=1S/C20H26BrN3O/c1-4-17-18(24-10-15(21)7-11(2)19(24)23-17)20(25)22-12(3)16-9-13-5-6-14(16)8-13/h7,10,12-14,16H,4-6,8-9H2,1-3H3,(H,22,25). The van der Waals surface area contributed by atoms with E-state index in [4.69, 9.17) is 4.98 Å². The smallest absolute Gasteiger partial charge is 0.270 e. The number of carbonyl (C=O) groups excluding carboxylic acids is 1. The highest BCUT2D eigenvalue weighted by molar-refractivity contribution is 9.10. The molecule has 0 saturated heterocycles. The molecule has 2 aromatic heterocycles. The third kappa shape index (κ3) is 2.90. The Kier molecular flexibility index (Phi) is 4.38. The lowest BCUT2D eigenvalue weighted by Gasteiger charge is -2.28. The Hall–Kier alpha value is -1.36. The van der Waals surface area contributed by atoms with Gasteiger partial charge in [-0.1, -0.05) is 13.3 Å². The molecule has 4 atom stereocenters. The fourth-order valence-corrected chi connectivity index (χ4v) is 5.64. The van der Waals surface area contributed by atoms with Crippen molar-refractivity contribution in [2.45, 2.75) is 58.9 Å². The van der Waals surface area contributed by atoms with Crippen molar-refractivity contribution < 1.29 is 4.79 Å². The van der Waals surface area contributed by atoms with Crippen LogP contribution in [0.1, 0.15) is 61.3 Å². The van der Waals surface area contributed by atoms with Gasteiger partial charge in [-0.25, -0.2) is 4.98 Å². The lowest BCUT2D eigenvalue weighted by molar-refractivity contribution is 0.0908. The van der Waals surface area contributed by atoms with Crippen molar-refractivity contribution in [2.75, 3.05) is 0 Å². The summed E-state index contributed by atoms with van der Waals surface area (Å²) in [6, 6.07) is 2.27. The summed E-state index contributed by atoms with van der Waals surface area (Å²) in [7, 11) is 0. The van der Waals surface area contributed by atoms with Crippen LogP contribution in [0, 0.1) is 24.7 Å². The molecule has 4 nitrogen and oxygen atoms in total. The Balaban J connectivity index is 1.63. The summed E-state index contributed by atoms with van der Waals surface area (Å²) in [5.41, 5.74) is 3.51. The molecule has 0 spiro atoms. The SMILES string of the molecule is CCc1nc2c(C)cc(Br)cn2c1C(=O)NC(C)C1CC2CCC1C2. The first-order valence-electron chi connectivity index (χ1n) is 9.45. The first-order valence-corrected chi connectivity index (χ1v) is 10.2. The molecule has 2 bridgehead atoms. The molecule has 0 aromatic carbocycles. The van der Waals surface area contributed by atoms with E-state index in [0.29, 0.717) is 11.6 Å². The second-order valence-corrected chi connectivity index (χ2v) is 8.81. The molecule has 4 unspecified atom stereocenters. The average molecular weight is 404 g/mol. The molecule has 2 fully saturated rings. The van der Waals surface area contributed by atoms with Gasteiger partial charge in [0.1, 0.15) is 11.3 Å². The molecule has 2 heterocycles. The Morgan fingerprint density at radius 2 is 2.24 bits per heavy atom. The van der Waals surface area contributed by atoms with Gasteiger partial charge >= 0.3 is 0 Å². The van der Waals surface area contributed by atoms with Crippen LogP contribution in [-0.2, 0) is 6.42 Å². The van der Waals surface area contributed by atoms with Crippen LogP contribution in [0.3, 0.4) is 0 Å². The number of hydrogen-bond donors (Lipinski definition) is 1. The summed E-state index contributed by atoms with van der Waals surface area (Å²) in [6.45, 7) is 6.27. The summed E-state index contributed by atoms with van der Waals surface area (Å²) in [6.07, 6.45) is 8.09. The number of amides is 1. The van der Waals surface area contributed by atoms with Gasteiger partial charge in [0.25, 0.3) is 5.91 Å². The Morgan fingerprint density at radius 1 is 1.44 bits per heavy atom. The lowest BCUT2D eigenvalue weighted by atomic mass is 9.84. The summed E-state index contributed by atoms with van der Waals surface area (Å²) < 4.78 is 2.91. The summed E-state index contributed by atoms with van der Waals surface area (Å²) in [4.78, 5) is 17.8. The molecular formula is C20H26BrN3O. The Labute approximate surface area is 157 Å². The maximum atomic E-state index is 13.1. The van der Waals surface area contributed by atoms with Gasteiger partial charge in [-0.3, -0.25) is 9.20 Å². The number of hydrogen-bond acceptors (Lipinski definition) is 2. The largest absolute Gasteiger partial charge is 0.348 e. The minimum absolute atomic E-state index is 0.0112. The number of nitrogens with zero attached hydrogens (tertiary/aromatic N) is 2. The molecule has 4 rings (SSSR count). The third-order valence-corrected chi connectivity index (χ3v) is 6.72. The zero-order chi connectivity index (χ0) is 17.7. The molecule has 0 aliphatic heterocycles.